The fraction of sp³-hybridized carbons (Fsp3) is 0.219. The van der Waals surface area contributed by atoms with Gasteiger partial charge in [-0.25, -0.2) is 8.78 Å². The third kappa shape index (κ3) is 4.56. The van der Waals surface area contributed by atoms with Crippen molar-refractivity contribution in [3.8, 4) is 0 Å². The van der Waals surface area contributed by atoms with E-state index < -0.39 is 29.0 Å². The molecule has 0 N–H and O–H groups in total. The molecule has 1 fully saturated rings. The molecule has 4 aromatic carbocycles. The van der Waals surface area contributed by atoms with Crippen molar-refractivity contribution in [1.29, 1.82) is 0 Å². The molecule has 5 heteroatoms. The van der Waals surface area contributed by atoms with E-state index >= 15 is 4.39 Å². The quantitative estimate of drug-likeness (QED) is 0.215. The van der Waals surface area contributed by atoms with Crippen LogP contribution < -0.4 is 0 Å². The zero-order valence-electron chi connectivity index (χ0n) is 20.7. The molecule has 1 aliphatic heterocycles. The van der Waals surface area contributed by atoms with Gasteiger partial charge >= 0.3 is 5.97 Å². The lowest BCUT2D eigenvalue weighted by Crippen LogP contribution is -2.47. The fourth-order valence-corrected chi connectivity index (χ4v) is 5.77. The summed E-state index contributed by atoms with van der Waals surface area (Å²) in [5.41, 5.74) is 2.69. The SMILES string of the molecule is CCOC(=O)[C@@H]1CN(C(c2ccccc2)(c2ccccc2)c2ccccc2)C[C@H]1c1ccc(F)cc1F. The van der Waals surface area contributed by atoms with Gasteiger partial charge in [0.25, 0.3) is 0 Å². The van der Waals surface area contributed by atoms with Crippen molar-refractivity contribution in [1.82, 2.24) is 4.90 Å². The normalized spacial score (nSPS) is 18.0. The van der Waals surface area contributed by atoms with Crippen LogP contribution in [0.3, 0.4) is 0 Å². The van der Waals surface area contributed by atoms with Crippen LogP contribution in [0.5, 0.6) is 0 Å². The van der Waals surface area contributed by atoms with Crippen LogP contribution in [0, 0.1) is 17.6 Å². The van der Waals surface area contributed by atoms with E-state index in [4.69, 9.17) is 4.74 Å². The van der Waals surface area contributed by atoms with Crippen molar-refractivity contribution in [3.63, 3.8) is 0 Å². The van der Waals surface area contributed by atoms with Crippen LogP contribution in [0.2, 0.25) is 0 Å². The predicted molar refractivity (Wildman–Crippen MR) is 140 cm³/mol. The minimum atomic E-state index is -0.750. The van der Waals surface area contributed by atoms with Gasteiger partial charge in [-0.2, -0.15) is 0 Å². The molecule has 0 amide bonds. The van der Waals surface area contributed by atoms with Crippen LogP contribution >= 0.6 is 0 Å². The van der Waals surface area contributed by atoms with Gasteiger partial charge in [0.2, 0.25) is 0 Å². The standard InChI is InChI=1S/C32H29F2NO2/c1-2-37-31(36)29-22-35(21-28(29)27-19-18-26(33)20-30(27)34)32(23-12-6-3-7-13-23,24-14-8-4-9-15-24)25-16-10-5-11-17-25/h3-20,28-29H,2,21-22H2,1H3/t28-,29+/m0/s1. The fourth-order valence-electron chi connectivity index (χ4n) is 5.77. The highest BCUT2D eigenvalue weighted by Crippen LogP contribution is 2.48. The van der Waals surface area contributed by atoms with Crippen molar-refractivity contribution >= 4 is 5.97 Å². The lowest BCUT2D eigenvalue weighted by atomic mass is 9.75. The van der Waals surface area contributed by atoms with Gasteiger partial charge in [0.1, 0.15) is 11.6 Å². The Bertz CT molecular complexity index is 1250. The Labute approximate surface area is 216 Å². The van der Waals surface area contributed by atoms with Crippen molar-refractivity contribution in [2.45, 2.75) is 18.4 Å². The molecule has 188 valence electrons. The molecular weight excluding hydrogens is 468 g/mol. The van der Waals surface area contributed by atoms with Gasteiger partial charge in [-0.3, -0.25) is 9.69 Å². The van der Waals surface area contributed by atoms with Crippen molar-refractivity contribution in [2.24, 2.45) is 5.92 Å². The van der Waals surface area contributed by atoms with E-state index in [1.807, 2.05) is 54.6 Å². The molecule has 37 heavy (non-hydrogen) atoms. The maximum atomic E-state index is 15.1. The molecule has 0 radical (unpaired) electrons. The van der Waals surface area contributed by atoms with E-state index in [-0.39, 0.29) is 12.6 Å². The van der Waals surface area contributed by atoms with Crippen LogP contribution in [-0.4, -0.2) is 30.6 Å². The van der Waals surface area contributed by atoms with Crippen molar-refractivity contribution in [2.75, 3.05) is 19.7 Å². The molecule has 0 spiro atoms. The second kappa shape index (κ2) is 10.7. The Morgan fingerprint density at radius 2 is 1.32 bits per heavy atom. The Balaban J connectivity index is 1.73. The number of halogens is 2. The number of nitrogens with zero attached hydrogens (tertiary/aromatic N) is 1. The summed E-state index contributed by atoms with van der Waals surface area (Å²) < 4.78 is 34.4. The van der Waals surface area contributed by atoms with E-state index in [2.05, 4.69) is 41.3 Å². The zero-order chi connectivity index (χ0) is 25.8. The minimum Gasteiger partial charge on any atom is -0.466 e. The average molecular weight is 498 g/mol. The number of ether oxygens (including phenoxy) is 1. The van der Waals surface area contributed by atoms with E-state index in [1.54, 1.807) is 6.92 Å². The molecule has 0 aromatic heterocycles. The van der Waals surface area contributed by atoms with Crippen molar-refractivity contribution in [3.05, 3.63) is 143 Å². The number of carbonyl (C=O) groups is 1. The number of carbonyl (C=O) groups excluding carboxylic acids is 1. The highest BCUT2D eigenvalue weighted by Gasteiger charge is 2.50. The number of likely N-dealkylation sites (tertiary alicyclic amines) is 1. The summed E-state index contributed by atoms with van der Waals surface area (Å²) in [6.07, 6.45) is 0. The van der Waals surface area contributed by atoms with Gasteiger partial charge < -0.3 is 4.74 Å². The summed E-state index contributed by atoms with van der Waals surface area (Å²) in [7, 11) is 0. The van der Waals surface area contributed by atoms with Gasteiger partial charge in [-0.1, -0.05) is 97.1 Å². The molecule has 0 unspecified atom stereocenters. The Kier molecular flexibility index (Phi) is 7.15. The van der Waals surface area contributed by atoms with Crippen molar-refractivity contribution < 1.29 is 18.3 Å². The maximum Gasteiger partial charge on any atom is 0.310 e. The van der Waals surface area contributed by atoms with Gasteiger partial charge in [-0.15, -0.1) is 0 Å². The number of hydrogen-bond acceptors (Lipinski definition) is 3. The summed E-state index contributed by atoms with van der Waals surface area (Å²) >= 11 is 0. The van der Waals surface area contributed by atoms with Crippen LogP contribution in [0.25, 0.3) is 0 Å². The first-order valence-electron chi connectivity index (χ1n) is 12.6. The third-order valence-electron chi connectivity index (χ3n) is 7.32. The van der Waals surface area contributed by atoms with Gasteiger partial charge in [-0.05, 0) is 35.2 Å². The molecular formula is C32H29F2NO2. The van der Waals surface area contributed by atoms with Crippen LogP contribution in [0.15, 0.2) is 109 Å². The third-order valence-corrected chi connectivity index (χ3v) is 7.32. The number of hydrogen-bond donors (Lipinski definition) is 0. The molecule has 0 saturated carbocycles. The predicted octanol–water partition coefficient (Wildman–Crippen LogP) is 6.54. The minimum absolute atomic E-state index is 0.231. The lowest BCUT2D eigenvalue weighted by molar-refractivity contribution is -0.148. The first kappa shape index (κ1) is 24.8. The maximum absolute atomic E-state index is 15.1. The summed E-state index contributed by atoms with van der Waals surface area (Å²) in [6.45, 7) is 2.72. The molecule has 3 nitrogen and oxygen atoms in total. The molecule has 4 aromatic rings. The molecule has 0 aliphatic carbocycles. The largest absolute Gasteiger partial charge is 0.466 e. The van der Waals surface area contributed by atoms with Crippen LogP contribution in [0.1, 0.15) is 35.1 Å². The second-order valence-corrected chi connectivity index (χ2v) is 9.34. The number of benzene rings is 4. The Hall–Kier alpha value is -3.83. The van der Waals surface area contributed by atoms with E-state index in [1.165, 1.54) is 12.1 Å². The second-order valence-electron chi connectivity index (χ2n) is 9.34. The lowest BCUT2D eigenvalue weighted by Gasteiger charge is -2.44. The van der Waals surface area contributed by atoms with Gasteiger partial charge in [0.05, 0.1) is 18.1 Å². The summed E-state index contributed by atoms with van der Waals surface area (Å²) in [5.74, 6) is -2.78. The van der Waals surface area contributed by atoms with E-state index in [0.29, 0.717) is 18.7 Å². The smallest absolute Gasteiger partial charge is 0.310 e. The molecule has 2 atom stereocenters. The number of rotatable bonds is 7. The molecule has 5 rings (SSSR count). The zero-order valence-corrected chi connectivity index (χ0v) is 20.7. The van der Waals surface area contributed by atoms with Crippen LogP contribution in [-0.2, 0) is 15.1 Å². The monoisotopic (exact) mass is 497 g/mol. The topological polar surface area (TPSA) is 29.5 Å². The highest BCUT2D eigenvalue weighted by atomic mass is 19.1. The van der Waals surface area contributed by atoms with E-state index in [0.717, 1.165) is 22.8 Å². The highest BCUT2D eigenvalue weighted by molar-refractivity contribution is 5.75. The average Bonchev–Trinajstić information content (AvgIpc) is 3.37. The first-order valence-corrected chi connectivity index (χ1v) is 12.6. The van der Waals surface area contributed by atoms with Gasteiger partial charge in [0, 0.05) is 25.1 Å². The van der Waals surface area contributed by atoms with E-state index in [9.17, 15) is 9.18 Å². The summed E-state index contributed by atoms with van der Waals surface area (Å²) in [4.78, 5) is 15.5. The summed E-state index contributed by atoms with van der Waals surface area (Å²) in [5, 5.41) is 0. The molecule has 0 bridgehead atoms. The number of esters is 1. The van der Waals surface area contributed by atoms with Gasteiger partial charge in [0.15, 0.2) is 0 Å². The first-order chi connectivity index (χ1) is 18.1. The molecule has 1 aliphatic rings. The van der Waals surface area contributed by atoms with Crippen LogP contribution in [0.4, 0.5) is 8.78 Å². The molecule has 1 heterocycles. The summed E-state index contributed by atoms with van der Waals surface area (Å²) in [6, 6.07) is 34.1. The Morgan fingerprint density at radius 3 is 1.78 bits per heavy atom. The molecule has 1 saturated heterocycles. The Morgan fingerprint density at radius 1 is 0.811 bits per heavy atom.